The number of Topliss-reactive ketones (excluding diaryl/α,β-unsaturated/α-hetero) is 1. The van der Waals surface area contributed by atoms with Crippen LogP contribution in [0.25, 0.3) is 0 Å². The molecule has 0 aliphatic heterocycles. The normalized spacial score (nSPS) is 10.0. The third-order valence-corrected chi connectivity index (χ3v) is 3.40. The quantitative estimate of drug-likeness (QED) is 0.358. The molecule has 0 saturated carbocycles. The van der Waals surface area contributed by atoms with Gasteiger partial charge in [0.15, 0.2) is 5.78 Å². The number of nitrogens with zero attached hydrogens (tertiary/aromatic N) is 1. The van der Waals surface area contributed by atoms with Crippen molar-refractivity contribution in [2.45, 2.75) is 6.42 Å². The first-order valence-corrected chi connectivity index (χ1v) is 7.24. The summed E-state index contributed by atoms with van der Waals surface area (Å²) in [5, 5.41) is 13.5. The second-order valence-corrected chi connectivity index (χ2v) is 4.99. The molecule has 0 heterocycles. The van der Waals surface area contributed by atoms with Crippen LogP contribution in [0.1, 0.15) is 16.8 Å². The van der Waals surface area contributed by atoms with Crippen LogP contribution < -0.4 is 14.8 Å². The standard InChI is InChI=1S/C17H16N2O6/c1-24-11-7-8-16(25-2)13(9-11)18-17(21)10-15(20)12-5-3-4-6-14(12)19(22)23/h3-9H,10H2,1-2H3,(H,18,21). The number of ketones is 1. The summed E-state index contributed by atoms with van der Waals surface area (Å²) in [7, 11) is 2.92. The van der Waals surface area contributed by atoms with E-state index in [-0.39, 0.29) is 11.3 Å². The Morgan fingerprint density at radius 3 is 2.48 bits per heavy atom. The molecular formula is C17H16N2O6. The number of para-hydroxylation sites is 1. The van der Waals surface area contributed by atoms with Crippen molar-refractivity contribution in [2.75, 3.05) is 19.5 Å². The molecule has 2 aromatic rings. The van der Waals surface area contributed by atoms with Crippen LogP contribution in [0, 0.1) is 10.1 Å². The maximum absolute atomic E-state index is 12.2. The molecule has 2 rings (SSSR count). The lowest BCUT2D eigenvalue weighted by Crippen LogP contribution is -2.17. The fourth-order valence-corrected chi connectivity index (χ4v) is 2.22. The number of anilines is 1. The smallest absolute Gasteiger partial charge is 0.280 e. The highest BCUT2D eigenvalue weighted by Crippen LogP contribution is 2.29. The Balaban J connectivity index is 2.16. The number of nitrogens with one attached hydrogen (secondary N) is 1. The second-order valence-electron chi connectivity index (χ2n) is 4.99. The summed E-state index contributed by atoms with van der Waals surface area (Å²) in [5.74, 6) is -0.366. The molecule has 8 nitrogen and oxygen atoms in total. The van der Waals surface area contributed by atoms with E-state index in [0.29, 0.717) is 17.2 Å². The van der Waals surface area contributed by atoms with Gasteiger partial charge in [-0.1, -0.05) is 12.1 Å². The van der Waals surface area contributed by atoms with Gasteiger partial charge >= 0.3 is 0 Å². The molecule has 1 amide bonds. The van der Waals surface area contributed by atoms with Gasteiger partial charge in [-0.15, -0.1) is 0 Å². The van der Waals surface area contributed by atoms with E-state index < -0.39 is 23.0 Å². The molecular weight excluding hydrogens is 328 g/mol. The van der Waals surface area contributed by atoms with E-state index >= 15 is 0 Å². The zero-order valence-corrected chi connectivity index (χ0v) is 13.6. The van der Waals surface area contributed by atoms with Crippen molar-refractivity contribution in [2.24, 2.45) is 0 Å². The van der Waals surface area contributed by atoms with Gasteiger partial charge in [0.2, 0.25) is 5.91 Å². The molecule has 0 bridgehead atoms. The summed E-state index contributed by atoms with van der Waals surface area (Å²) in [6, 6.07) is 10.3. The van der Waals surface area contributed by atoms with E-state index in [4.69, 9.17) is 9.47 Å². The van der Waals surface area contributed by atoms with Crippen molar-refractivity contribution in [1.29, 1.82) is 0 Å². The number of ether oxygens (including phenoxy) is 2. The Labute approximate surface area is 143 Å². The second kappa shape index (κ2) is 7.91. The molecule has 0 unspecified atom stereocenters. The first-order chi connectivity index (χ1) is 12.0. The van der Waals surface area contributed by atoms with E-state index in [0.717, 1.165) is 0 Å². The molecule has 0 aliphatic carbocycles. The van der Waals surface area contributed by atoms with Gasteiger partial charge < -0.3 is 14.8 Å². The zero-order chi connectivity index (χ0) is 18.4. The predicted octanol–water partition coefficient (Wildman–Crippen LogP) is 2.82. The Hall–Kier alpha value is -3.42. The number of nitro benzene ring substituents is 1. The number of benzene rings is 2. The van der Waals surface area contributed by atoms with Crippen LogP contribution in [0.3, 0.4) is 0 Å². The van der Waals surface area contributed by atoms with E-state index in [9.17, 15) is 19.7 Å². The molecule has 0 atom stereocenters. The van der Waals surface area contributed by atoms with Gasteiger partial charge in [-0.05, 0) is 18.2 Å². The maximum Gasteiger partial charge on any atom is 0.280 e. The Bertz CT molecular complexity index is 819. The third-order valence-electron chi connectivity index (χ3n) is 3.40. The Morgan fingerprint density at radius 2 is 1.84 bits per heavy atom. The minimum atomic E-state index is -0.657. The van der Waals surface area contributed by atoms with Crippen LogP contribution in [-0.4, -0.2) is 30.8 Å². The minimum Gasteiger partial charge on any atom is -0.497 e. The lowest BCUT2D eigenvalue weighted by atomic mass is 10.1. The SMILES string of the molecule is COc1ccc(OC)c(NC(=O)CC(=O)c2ccccc2[N+](=O)[O-])c1. The van der Waals surface area contributed by atoms with E-state index in [1.807, 2.05) is 0 Å². The van der Waals surface area contributed by atoms with Gasteiger partial charge in [-0.2, -0.15) is 0 Å². The van der Waals surface area contributed by atoms with Gasteiger partial charge in [0.25, 0.3) is 5.69 Å². The Morgan fingerprint density at radius 1 is 1.12 bits per heavy atom. The molecule has 1 N–H and O–H groups in total. The number of nitro groups is 1. The third kappa shape index (κ3) is 4.31. The zero-order valence-electron chi connectivity index (χ0n) is 13.6. The molecule has 0 radical (unpaired) electrons. The molecule has 0 aliphatic rings. The van der Waals surface area contributed by atoms with Crippen molar-refractivity contribution in [3.05, 3.63) is 58.1 Å². The number of methoxy groups -OCH3 is 2. The number of carbonyl (C=O) groups excluding carboxylic acids is 2. The molecule has 0 fully saturated rings. The van der Waals surface area contributed by atoms with E-state index in [2.05, 4.69) is 5.32 Å². The lowest BCUT2D eigenvalue weighted by molar-refractivity contribution is -0.385. The molecule has 8 heteroatoms. The van der Waals surface area contributed by atoms with E-state index in [1.54, 1.807) is 18.2 Å². The van der Waals surface area contributed by atoms with Gasteiger partial charge in [0, 0.05) is 12.1 Å². The van der Waals surface area contributed by atoms with Gasteiger partial charge in [0.05, 0.1) is 36.8 Å². The Kier molecular flexibility index (Phi) is 5.67. The summed E-state index contributed by atoms with van der Waals surface area (Å²) < 4.78 is 10.2. The molecule has 0 aromatic heterocycles. The van der Waals surface area contributed by atoms with Crippen molar-refractivity contribution >= 4 is 23.1 Å². The largest absolute Gasteiger partial charge is 0.497 e. The van der Waals surface area contributed by atoms with Gasteiger partial charge in [0.1, 0.15) is 11.5 Å². The molecule has 130 valence electrons. The van der Waals surface area contributed by atoms with Crippen molar-refractivity contribution in [3.8, 4) is 11.5 Å². The fourth-order valence-electron chi connectivity index (χ4n) is 2.22. The average molecular weight is 344 g/mol. The number of hydrogen-bond acceptors (Lipinski definition) is 6. The number of rotatable bonds is 7. The highest BCUT2D eigenvalue weighted by Gasteiger charge is 2.21. The highest BCUT2D eigenvalue weighted by atomic mass is 16.6. The van der Waals surface area contributed by atoms with Crippen LogP contribution in [-0.2, 0) is 4.79 Å². The van der Waals surface area contributed by atoms with Crippen LogP contribution in [0.4, 0.5) is 11.4 Å². The summed E-state index contributed by atoms with van der Waals surface area (Å²) in [4.78, 5) is 34.7. The lowest BCUT2D eigenvalue weighted by Gasteiger charge is -2.11. The van der Waals surface area contributed by atoms with Crippen molar-refractivity contribution < 1.29 is 24.0 Å². The summed E-state index contributed by atoms with van der Waals surface area (Å²) in [6.07, 6.45) is -0.536. The summed E-state index contributed by atoms with van der Waals surface area (Å²) in [6.45, 7) is 0. The van der Waals surface area contributed by atoms with Crippen molar-refractivity contribution in [3.63, 3.8) is 0 Å². The fraction of sp³-hybridized carbons (Fsp3) is 0.176. The minimum absolute atomic E-state index is 0.111. The number of amides is 1. The molecule has 25 heavy (non-hydrogen) atoms. The van der Waals surface area contributed by atoms with Crippen LogP contribution >= 0.6 is 0 Å². The van der Waals surface area contributed by atoms with Crippen LogP contribution in [0.15, 0.2) is 42.5 Å². The number of hydrogen-bond donors (Lipinski definition) is 1. The first-order valence-electron chi connectivity index (χ1n) is 7.24. The van der Waals surface area contributed by atoms with Crippen LogP contribution in [0.5, 0.6) is 11.5 Å². The predicted molar refractivity (Wildman–Crippen MR) is 90.2 cm³/mol. The van der Waals surface area contributed by atoms with Gasteiger partial charge in [-0.25, -0.2) is 0 Å². The summed E-state index contributed by atoms with van der Waals surface area (Å²) >= 11 is 0. The average Bonchev–Trinajstić information content (AvgIpc) is 2.61. The molecule has 2 aromatic carbocycles. The highest BCUT2D eigenvalue weighted by molar-refractivity contribution is 6.12. The monoisotopic (exact) mass is 344 g/mol. The van der Waals surface area contributed by atoms with Crippen molar-refractivity contribution in [1.82, 2.24) is 0 Å². The van der Waals surface area contributed by atoms with E-state index in [1.165, 1.54) is 38.5 Å². The number of carbonyl (C=O) groups is 2. The topological polar surface area (TPSA) is 108 Å². The molecule has 0 spiro atoms. The van der Waals surface area contributed by atoms with Crippen LogP contribution in [0.2, 0.25) is 0 Å². The first kappa shape index (κ1) is 17.9. The molecule has 0 saturated heterocycles. The van der Waals surface area contributed by atoms with Gasteiger partial charge in [-0.3, -0.25) is 19.7 Å². The summed E-state index contributed by atoms with van der Waals surface area (Å²) in [5.41, 5.74) is -0.110. The maximum atomic E-state index is 12.2.